The van der Waals surface area contributed by atoms with Crippen molar-refractivity contribution < 1.29 is 17.9 Å². The monoisotopic (exact) mass is 590 g/mol. The summed E-state index contributed by atoms with van der Waals surface area (Å²) < 4.78 is 34.4. The highest BCUT2D eigenvalue weighted by atomic mass is 35.5. The van der Waals surface area contributed by atoms with Gasteiger partial charge in [0.1, 0.15) is 0 Å². The maximum absolute atomic E-state index is 13.8. The van der Waals surface area contributed by atoms with Gasteiger partial charge < -0.3 is 4.74 Å². The lowest BCUT2D eigenvalue weighted by Crippen LogP contribution is -2.39. The molecule has 8 nitrogen and oxygen atoms in total. The van der Waals surface area contributed by atoms with Crippen molar-refractivity contribution in [3.63, 3.8) is 0 Å². The number of nitrogens with zero attached hydrogens (tertiary/aromatic N) is 4. The van der Waals surface area contributed by atoms with Crippen LogP contribution in [0.25, 0.3) is 10.2 Å². The van der Waals surface area contributed by atoms with E-state index in [2.05, 4.69) is 4.90 Å². The minimum Gasteiger partial charge on any atom is -0.379 e. The van der Waals surface area contributed by atoms with Gasteiger partial charge in [-0.1, -0.05) is 42.2 Å². The zero-order valence-electron chi connectivity index (χ0n) is 22.2. The normalized spacial score (nSPS) is 17.6. The molecule has 1 aliphatic carbocycles. The quantitative estimate of drug-likeness (QED) is 0.338. The topological polar surface area (TPSA) is 83.1 Å². The zero-order chi connectivity index (χ0) is 27.4. The van der Waals surface area contributed by atoms with Crippen LogP contribution in [0.15, 0.2) is 47.4 Å². The number of hydrogen-bond donors (Lipinski definition) is 0. The molecule has 2 aromatic carbocycles. The number of thiazole rings is 1. The fourth-order valence-electron chi connectivity index (χ4n) is 5.30. The minimum atomic E-state index is -3.63. The van der Waals surface area contributed by atoms with Gasteiger partial charge in [0.05, 0.1) is 28.3 Å². The predicted molar refractivity (Wildman–Crippen MR) is 156 cm³/mol. The standard InChI is InChI=1S/C28H35ClN4O4S2/c1-31(23-6-3-2-4-7-23)39(35,36)24-11-8-21(9-12-24)27(34)33(15-5-14-32-16-18-37-19-17-32)28-30-25-13-10-22(29)20-26(25)38-28/h8-13,20,23H,2-7,14-19H2,1H3. The third-order valence-corrected chi connectivity index (χ3v) is 10.8. The first-order valence-electron chi connectivity index (χ1n) is 13.6. The van der Waals surface area contributed by atoms with Crippen molar-refractivity contribution in [3.8, 4) is 0 Å². The van der Waals surface area contributed by atoms with E-state index in [9.17, 15) is 13.2 Å². The fraction of sp³-hybridized carbons (Fsp3) is 0.500. The maximum Gasteiger partial charge on any atom is 0.260 e. The van der Waals surface area contributed by atoms with Gasteiger partial charge in [0.15, 0.2) is 5.13 Å². The summed E-state index contributed by atoms with van der Waals surface area (Å²) in [5.74, 6) is -0.202. The Labute approximate surface area is 239 Å². The second-order valence-corrected chi connectivity index (χ2v) is 13.7. The molecule has 0 unspecified atom stereocenters. The molecule has 0 radical (unpaired) electrons. The van der Waals surface area contributed by atoms with Crippen LogP contribution >= 0.6 is 22.9 Å². The van der Waals surface area contributed by atoms with Gasteiger partial charge in [0.25, 0.3) is 5.91 Å². The smallest absolute Gasteiger partial charge is 0.260 e. The Bertz CT molecular complexity index is 1380. The van der Waals surface area contributed by atoms with Gasteiger partial charge in [-0.3, -0.25) is 14.6 Å². The van der Waals surface area contributed by atoms with Gasteiger partial charge in [0.2, 0.25) is 10.0 Å². The highest BCUT2D eigenvalue weighted by molar-refractivity contribution is 7.89. The maximum atomic E-state index is 13.8. The van der Waals surface area contributed by atoms with Crippen LogP contribution in [0.5, 0.6) is 0 Å². The van der Waals surface area contributed by atoms with Crippen molar-refractivity contribution in [1.29, 1.82) is 0 Å². The number of benzene rings is 2. The molecule has 2 aliphatic rings. The van der Waals surface area contributed by atoms with Crippen LogP contribution in [0.4, 0.5) is 5.13 Å². The number of carbonyl (C=O) groups is 1. The van der Waals surface area contributed by atoms with E-state index in [-0.39, 0.29) is 16.8 Å². The third-order valence-electron chi connectivity index (χ3n) is 7.64. The van der Waals surface area contributed by atoms with Crippen LogP contribution in [-0.4, -0.2) is 81.0 Å². The van der Waals surface area contributed by atoms with Gasteiger partial charge in [-0.25, -0.2) is 13.4 Å². The van der Waals surface area contributed by atoms with Gasteiger partial charge in [0, 0.05) is 49.9 Å². The Balaban J connectivity index is 1.35. The van der Waals surface area contributed by atoms with Crippen molar-refractivity contribution in [2.75, 3.05) is 51.3 Å². The Morgan fingerprint density at radius 3 is 2.54 bits per heavy atom. The molecule has 1 aromatic heterocycles. The summed E-state index contributed by atoms with van der Waals surface area (Å²) in [6, 6.07) is 11.9. The van der Waals surface area contributed by atoms with E-state index in [1.54, 1.807) is 42.3 Å². The van der Waals surface area contributed by atoms with Crippen LogP contribution in [-0.2, 0) is 14.8 Å². The summed E-state index contributed by atoms with van der Waals surface area (Å²) in [4.78, 5) is 22.8. The first-order chi connectivity index (χ1) is 18.8. The highest BCUT2D eigenvalue weighted by Gasteiger charge is 2.29. The summed E-state index contributed by atoms with van der Waals surface area (Å²) in [7, 11) is -1.96. The van der Waals surface area contributed by atoms with E-state index >= 15 is 0 Å². The van der Waals surface area contributed by atoms with E-state index in [0.717, 1.165) is 81.6 Å². The second-order valence-electron chi connectivity index (χ2n) is 10.2. The first-order valence-corrected chi connectivity index (χ1v) is 16.2. The molecule has 0 spiro atoms. The molecule has 1 saturated carbocycles. The molecule has 2 heterocycles. The van der Waals surface area contributed by atoms with Crippen LogP contribution in [0.1, 0.15) is 48.9 Å². The second kappa shape index (κ2) is 12.6. The Morgan fingerprint density at radius 2 is 1.82 bits per heavy atom. The van der Waals surface area contributed by atoms with Crippen molar-refractivity contribution >= 4 is 54.2 Å². The molecule has 3 aromatic rings. The number of morpholine rings is 1. The largest absolute Gasteiger partial charge is 0.379 e. The molecular weight excluding hydrogens is 556 g/mol. The lowest BCUT2D eigenvalue weighted by Gasteiger charge is -2.30. The first kappa shape index (κ1) is 28.4. The van der Waals surface area contributed by atoms with Gasteiger partial charge in [-0.05, 0) is 61.7 Å². The van der Waals surface area contributed by atoms with Crippen LogP contribution in [0.2, 0.25) is 5.02 Å². The average Bonchev–Trinajstić information content (AvgIpc) is 3.38. The molecule has 0 atom stereocenters. The molecule has 0 N–H and O–H groups in total. The van der Waals surface area contributed by atoms with Crippen molar-refractivity contribution in [1.82, 2.24) is 14.2 Å². The minimum absolute atomic E-state index is 0.0274. The Morgan fingerprint density at radius 1 is 1.10 bits per heavy atom. The van der Waals surface area contributed by atoms with Crippen molar-refractivity contribution in [3.05, 3.63) is 53.1 Å². The molecule has 0 bridgehead atoms. The summed E-state index contributed by atoms with van der Waals surface area (Å²) in [5, 5.41) is 1.23. The molecule has 5 rings (SSSR count). The molecule has 1 amide bonds. The predicted octanol–water partition coefficient (Wildman–Crippen LogP) is 5.27. The van der Waals surface area contributed by atoms with Crippen molar-refractivity contribution in [2.24, 2.45) is 0 Å². The number of hydrogen-bond acceptors (Lipinski definition) is 7. The van der Waals surface area contributed by atoms with Gasteiger partial charge in [-0.2, -0.15) is 4.31 Å². The molecule has 1 aliphatic heterocycles. The lowest BCUT2D eigenvalue weighted by atomic mass is 9.96. The highest BCUT2D eigenvalue weighted by Crippen LogP contribution is 2.32. The number of carbonyl (C=O) groups excluding carboxylic acids is 1. The summed E-state index contributed by atoms with van der Waals surface area (Å²) >= 11 is 7.62. The van der Waals surface area contributed by atoms with Gasteiger partial charge >= 0.3 is 0 Å². The molecule has 39 heavy (non-hydrogen) atoms. The van der Waals surface area contributed by atoms with E-state index in [1.807, 2.05) is 12.1 Å². The van der Waals surface area contributed by atoms with Crippen LogP contribution in [0, 0.1) is 0 Å². The zero-order valence-corrected chi connectivity index (χ0v) is 24.6. The third kappa shape index (κ3) is 6.64. The Hall–Kier alpha value is -2.08. The molecular formula is C28H35ClN4O4S2. The summed E-state index contributed by atoms with van der Waals surface area (Å²) in [5.41, 5.74) is 1.22. The number of aromatic nitrogens is 1. The van der Waals surface area contributed by atoms with E-state index in [0.29, 0.717) is 22.3 Å². The van der Waals surface area contributed by atoms with Crippen LogP contribution < -0.4 is 4.90 Å². The summed E-state index contributed by atoms with van der Waals surface area (Å²) in [6.07, 6.45) is 5.82. The fourth-order valence-corrected chi connectivity index (χ4v) is 7.98. The number of rotatable bonds is 9. The van der Waals surface area contributed by atoms with Gasteiger partial charge in [-0.15, -0.1) is 0 Å². The number of amides is 1. The number of halogens is 1. The number of anilines is 1. The number of sulfonamides is 1. The van der Waals surface area contributed by atoms with E-state index in [4.69, 9.17) is 21.3 Å². The lowest BCUT2D eigenvalue weighted by molar-refractivity contribution is 0.0376. The van der Waals surface area contributed by atoms with Crippen LogP contribution in [0.3, 0.4) is 0 Å². The van der Waals surface area contributed by atoms with E-state index < -0.39 is 10.0 Å². The number of fused-ring (bicyclic) bond motifs is 1. The SMILES string of the molecule is CN(C1CCCCC1)S(=O)(=O)c1ccc(C(=O)N(CCCN2CCOCC2)c2nc3ccc(Cl)cc3s2)cc1. The molecule has 2 fully saturated rings. The molecule has 1 saturated heterocycles. The van der Waals surface area contributed by atoms with E-state index in [1.165, 1.54) is 15.6 Å². The average molecular weight is 591 g/mol. The Kier molecular flexibility index (Phi) is 9.20. The molecule has 11 heteroatoms. The number of ether oxygens (including phenoxy) is 1. The summed E-state index contributed by atoms with van der Waals surface area (Å²) in [6.45, 7) is 4.58. The van der Waals surface area contributed by atoms with Crippen molar-refractivity contribution in [2.45, 2.75) is 49.5 Å². The molecule has 210 valence electrons.